The lowest BCUT2D eigenvalue weighted by molar-refractivity contribution is -0.145. The number of anilines is 1. The zero-order valence-corrected chi connectivity index (χ0v) is 15.2. The predicted molar refractivity (Wildman–Crippen MR) is 91.8 cm³/mol. The number of ether oxygens (including phenoxy) is 1. The molecule has 2 heterocycles. The van der Waals surface area contributed by atoms with Gasteiger partial charge in [-0.15, -0.1) is 0 Å². The molecule has 0 aliphatic carbocycles. The van der Waals surface area contributed by atoms with E-state index in [0.29, 0.717) is 6.54 Å². The SMILES string of the molecule is COC(=O)C1CCCN(c2cc(C(C)(C)C)nc(C(C)C)n2)C1. The molecule has 1 aliphatic heterocycles. The molecule has 23 heavy (non-hydrogen) atoms. The number of nitrogens with zero attached hydrogens (tertiary/aromatic N) is 3. The van der Waals surface area contributed by atoms with Crippen molar-refractivity contribution in [3.8, 4) is 0 Å². The summed E-state index contributed by atoms with van der Waals surface area (Å²) in [6.45, 7) is 12.3. The molecule has 1 aliphatic rings. The second-order valence-corrected chi connectivity index (χ2v) is 7.68. The Bertz CT molecular complexity index is 564. The molecule has 5 nitrogen and oxygen atoms in total. The Balaban J connectivity index is 2.34. The number of carbonyl (C=O) groups excluding carboxylic acids is 1. The topological polar surface area (TPSA) is 55.3 Å². The number of piperidine rings is 1. The van der Waals surface area contributed by atoms with E-state index in [9.17, 15) is 4.79 Å². The quantitative estimate of drug-likeness (QED) is 0.800. The number of methoxy groups -OCH3 is 1. The normalized spacial score (nSPS) is 19.1. The fourth-order valence-electron chi connectivity index (χ4n) is 2.80. The average Bonchev–Trinajstić information content (AvgIpc) is 2.53. The maximum absolute atomic E-state index is 11.9. The van der Waals surface area contributed by atoms with Gasteiger partial charge >= 0.3 is 5.97 Å². The van der Waals surface area contributed by atoms with Crippen LogP contribution in [0.2, 0.25) is 0 Å². The highest BCUT2D eigenvalue weighted by Gasteiger charge is 2.28. The van der Waals surface area contributed by atoms with Crippen molar-refractivity contribution in [3.05, 3.63) is 17.6 Å². The van der Waals surface area contributed by atoms with Gasteiger partial charge in [0.15, 0.2) is 0 Å². The molecule has 1 fully saturated rings. The zero-order chi connectivity index (χ0) is 17.2. The molecule has 0 radical (unpaired) electrons. The van der Waals surface area contributed by atoms with E-state index in [2.05, 4.69) is 45.6 Å². The molecule has 0 saturated carbocycles. The van der Waals surface area contributed by atoms with Crippen LogP contribution in [0.5, 0.6) is 0 Å². The van der Waals surface area contributed by atoms with Crippen LogP contribution in [0.25, 0.3) is 0 Å². The van der Waals surface area contributed by atoms with Crippen LogP contribution in [-0.4, -0.2) is 36.1 Å². The van der Waals surface area contributed by atoms with E-state index in [1.54, 1.807) is 0 Å². The van der Waals surface area contributed by atoms with Gasteiger partial charge in [0.25, 0.3) is 0 Å². The third kappa shape index (κ3) is 4.21. The summed E-state index contributed by atoms with van der Waals surface area (Å²) in [5.41, 5.74) is 1.02. The molecule has 0 bridgehead atoms. The summed E-state index contributed by atoms with van der Waals surface area (Å²) in [4.78, 5) is 23.6. The van der Waals surface area contributed by atoms with Crippen molar-refractivity contribution in [1.82, 2.24) is 9.97 Å². The lowest BCUT2D eigenvalue weighted by atomic mass is 9.91. The van der Waals surface area contributed by atoms with Gasteiger partial charge in [-0.25, -0.2) is 9.97 Å². The Kier molecular flexibility index (Phi) is 5.27. The Morgan fingerprint density at radius 2 is 2.04 bits per heavy atom. The van der Waals surface area contributed by atoms with Crippen molar-refractivity contribution in [2.45, 2.75) is 58.8 Å². The van der Waals surface area contributed by atoms with E-state index in [-0.39, 0.29) is 23.2 Å². The monoisotopic (exact) mass is 319 g/mol. The predicted octanol–water partition coefficient (Wildman–Crippen LogP) is 3.29. The van der Waals surface area contributed by atoms with Crippen LogP contribution in [0.3, 0.4) is 0 Å². The summed E-state index contributed by atoms with van der Waals surface area (Å²) in [5.74, 6) is 1.89. The third-order valence-corrected chi connectivity index (χ3v) is 4.29. The van der Waals surface area contributed by atoms with Crippen molar-refractivity contribution >= 4 is 11.8 Å². The molecule has 1 aromatic rings. The fraction of sp³-hybridized carbons (Fsp3) is 0.722. The first-order valence-electron chi connectivity index (χ1n) is 8.44. The summed E-state index contributed by atoms with van der Waals surface area (Å²) in [6.07, 6.45) is 1.86. The lowest BCUT2D eigenvalue weighted by Crippen LogP contribution is -2.40. The van der Waals surface area contributed by atoms with Crippen LogP contribution in [0.1, 0.15) is 64.9 Å². The molecule has 1 aromatic heterocycles. The summed E-state index contributed by atoms with van der Waals surface area (Å²) >= 11 is 0. The Morgan fingerprint density at radius 1 is 1.35 bits per heavy atom. The molecular formula is C18H29N3O2. The Morgan fingerprint density at radius 3 is 2.61 bits per heavy atom. The van der Waals surface area contributed by atoms with E-state index in [0.717, 1.165) is 36.7 Å². The fourth-order valence-corrected chi connectivity index (χ4v) is 2.80. The molecule has 1 unspecified atom stereocenters. The van der Waals surface area contributed by atoms with Gasteiger partial charge in [0.1, 0.15) is 11.6 Å². The van der Waals surface area contributed by atoms with Crippen molar-refractivity contribution in [3.63, 3.8) is 0 Å². The first-order chi connectivity index (χ1) is 10.7. The van der Waals surface area contributed by atoms with Gasteiger partial charge in [0.2, 0.25) is 0 Å². The van der Waals surface area contributed by atoms with E-state index in [4.69, 9.17) is 14.7 Å². The van der Waals surface area contributed by atoms with Crippen LogP contribution in [0.4, 0.5) is 5.82 Å². The molecule has 2 rings (SSSR count). The number of esters is 1. The number of rotatable bonds is 3. The number of hydrogen-bond acceptors (Lipinski definition) is 5. The van der Waals surface area contributed by atoms with Crippen LogP contribution >= 0.6 is 0 Å². The van der Waals surface area contributed by atoms with Gasteiger partial charge in [-0.3, -0.25) is 4.79 Å². The van der Waals surface area contributed by atoms with Crippen molar-refractivity contribution in [2.24, 2.45) is 5.92 Å². The van der Waals surface area contributed by atoms with Crippen molar-refractivity contribution in [2.75, 3.05) is 25.1 Å². The highest BCUT2D eigenvalue weighted by Crippen LogP contribution is 2.28. The minimum atomic E-state index is -0.121. The molecule has 1 saturated heterocycles. The zero-order valence-electron chi connectivity index (χ0n) is 15.2. The van der Waals surface area contributed by atoms with Gasteiger partial charge in [0, 0.05) is 30.5 Å². The summed E-state index contributed by atoms with van der Waals surface area (Å²) < 4.78 is 4.92. The number of hydrogen-bond donors (Lipinski definition) is 0. The van der Waals surface area contributed by atoms with Crippen LogP contribution < -0.4 is 4.90 Å². The van der Waals surface area contributed by atoms with Gasteiger partial charge < -0.3 is 9.64 Å². The highest BCUT2D eigenvalue weighted by atomic mass is 16.5. The molecule has 128 valence electrons. The first kappa shape index (κ1) is 17.7. The molecular weight excluding hydrogens is 290 g/mol. The molecule has 0 aromatic carbocycles. The van der Waals surface area contributed by atoms with Gasteiger partial charge in [0.05, 0.1) is 18.7 Å². The second kappa shape index (κ2) is 6.85. The lowest BCUT2D eigenvalue weighted by Gasteiger charge is -2.33. The molecule has 1 atom stereocenters. The third-order valence-electron chi connectivity index (χ3n) is 4.29. The standard InChI is InChI=1S/C18H29N3O2/c1-12(2)16-19-14(18(3,4)5)10-15(20-16)21-9-7-8-13(11-21)17(22)23-6/h10,12-13H,7-9,11H2,1-6H3. The van der Waals surface area contributed by atoms with Crippen LogP contribution in [0, 0.1) is 5.92 Å². The number of aromatic nitrogens is 2. The van der Waals surface area contributed by atoms with Gasteiger partial charge in [-0.05, 0) is 12.8 Å². The maximum Gasteiger partial charge on any atom is 0.310 e. The summed E-state index contributed by atoms with van der Waals surface area (Å²) in [5, 5.41) is 0. The molecule has 0 amide bonds. The second-order valence-electron chi connectivity index (χ2n) is 7.68. The molecule has 0 N–H and O–H groups in total. The minimum Gasteiger partial charge on any atom is -0.469 e. The smallest absolute Gasteiger partial charge is 0.310 e. The first-order valence-corrected chi connectivity index (χ1v) is 8.44. The molecule has 0 spiro atoms. The van der Waals surface area contributed by atoms with Crippen molar-refractivity contribution < 1.29 is 9.53 Å². The van der Waals surface area contributed by atoms with E-state index < -0.39 is 0 Å². The van der Waals surface area contributed by atoms with E-state index in [1.165, 1.54) is 7.11 Å². The van der Waals surface area contributed by atoms with Crippen LogP contribution in [-0.2, 0) is 14.9 Å². The Hall–Kier alpha value is -1.65. The highest BCUT2D eigenvalue weighted by molar-refractivity contribution is 5.73. The summed E-state index contributed by atoms with van der Waals surface area (Å²) in [7, 11) is 1.46. The van der Waals surface area contributed by atoms with Crippen LogP contribution in [0.15, 0.2) is 6.07 Å². The molecule has 5 heteroatoms. The van der Waals surface area contributed by atoms with E-state index in [1.807, 2.05) is 0 Å². The largest absolute Gasteiger partial charge is 0.469 e. The summed E-state index contributed by atoms with van der Waals surface area (Å²) in [6, 6.07) is 2.07. The average molecular weight is 319 g/mol. The Labute approximate surface area is 139 Å². The maximum atomic E-state index is 11.9. The van der Waals surface area contributed by atoms with Gasteiger partial charge in [-0.2, -0.15) is 0 Å². The minimum absolute atomic E-state index is 0.0289. The number of carbonyl (C=O) groups is 1. The van der Waals surface area contributed by atoms with Crippen molar-refractivity contribution in [1.29, 1.82) is 0 Å². The van der Waals surface area contributed by atoms with Gasteiger partial charge in [-0.1, -0.05) is 34.6 Å². The van der Waals surface area contributed by atoms with E-state index >= 15 is 0 Å².